The zero-order valence-electron chi connectivity index (χ0n) is 9.15. The first kappa shape index (κ1) is 9.41. The maximum Gasteiger partial charge on any atom is 0.0188 e. The molecule has 2 unspecified atom stereocenters. The third-order valence-corrected chi connectivity index (χ3v) is 4.29. The quantitative estimate of drug-likeness (QED) is 0.782. The summed E-state index contributed by atoms with van der Waals surface area (Å²) in [4.78, 5) is 0. The van der Waals surface area contributed by atoms with Crippen LogP contribution in [0.4, 0.5) is 0 Å². The van der Waals surface area contributed by atoms with Crippen LogP contribution >= 0.6 is 0 Å². The molecule has 2 atom stereocenters. The van der Waals surface area contributed by atoms with E-state index in [0.717, 1.165) is 11.8 Å². The third-order valence-electron chi connectivity index (χ3n) is 4.29. The van der Waals surface area contributed by atoms with Crippen molar-refractivity contribution in [2.24, 2.45) is 11.7 Å². The molecule has 0 bridgehead atoms. The van der Waals surface area contributed by atoms with Gasteiger partial charge in [0.25, 0.3) is 0 Å². The SMILES string of the molecule is NC1(C2CC2c2ccccc2)CCCC1. The van der Waals surface area contributed by atoms with Crippen LogP contribution in [0.15, 0.2) is 30.3 Å². The van der Waals surface area contributed by atoms with Gasteiger partial charge in [-0.3, -0.25) is 0 Å². The first-order valence-electron chi connectivity index (χ1n) is 6.13. The van der Waals surface area contributed by atoms with Gasteiger partial charge in [0.05, 0.1) is 0 Å². The normalized spacial score (nSPS) is 32.9. The lowest BCUT2D eigenvalue weighted by atomic mass is 9.90. The second-order valence-electron chi connectivity index (χ2n) is 5.30. The summed E-state index contributed by atoms with van der Waals surface area (Å²) in [6.07, 6.45) is 6.51. The molecule has 3 rings (SSSR count). The minimum absolute atomic E-state index is 0.181. The molecule has 0 aromatic heterocycles. The molecule has 2 saturated carbocycles. The van der Waals surface area contributed by atoms with Crippen LogP contribution in [0.2, 0.25) is 0 Å². The molecule has 1 nitrogen and oxygen atoms in total. The molecule has 0 amide bonds. The Balaban J connectivity index is 1.74. The summed E-state index contributed by atoms with van der Waals surface area (Å²) in [5.74, 6) is 1.52. The van der Waals surface area contributed by atoms with Gasteiger partial charge < -0.3 is 5.73 Å². The number of rotatable bonds is 2. The average Bonchev–Trinajstić information content (AvgIpc) is 2.98. The summed E-state index contributed by atoms with van der Waals surface area (Å²) in [5, 5.41) is 0. The van der Waals surface area contributed by atoms with Crippen LogP contribution in [-0.2, 0) is 0 Å². The highest BCUT2D eigenvalue weighted by atomic mass is 14.8. The van der Waals surface area contributed by atoms with Crippen molar-refractivity contribution < 1.29 is 0 Å². The fourth-order valence-electron chi connectivity index (χ4n) is 3.30. The monoisotopic (exact) mass is 201 g/mol. The molecule has 80 valence electrons. The predicted molar refractivity (Wildman–Crippen MR) is 62.7 cm³/mol. The van der Waals surface area contributed by atoms with Crippen molar-refractivity contribution in [3.8, 4) is 0 Å². The Hall–Kier alpha value is -0.820. The molecule has 2 N–H and O–H groups in total. The summed E-state index contributed by atoms with van der Waals surface area (Å²) in [6.45, 7) is 0. The van der Waals surface area contributed by atoms with Crippen LogP contribution in [0.25, 0.3) is 0 Å². The summed E-state index contributed by atoms with van der Waals surface area (Å²) in [6, 6.07) is 10.9. The molecule has 2 aliphatic carbocycles. The minimum atomic E-state index is 0.181. The van der Waals surface area contributed by atoms with Gasteiger partial charge in [-0.1, -0.05) is 43.2 Å². The van der Waals surface area contributed by atoms with Gasteiger partial charge in [0.15, 0.2) is 0 Å². The van der Waals surface area contributed by atoms with Gasteiger partial charge in [-0.15, -0.1) is 0 Å². The maximum atomic E-state index is 6.49. The van der Waals surface area contributed by atoms with E-state index in [4.69, 9.17) is 5.73 Å². The largest absolute Gasteiger partial charge is 0.325 e. The van der Waals surface area contributed by atoms with Gasteiger partial charge >= 0.3 is 0 Å². The molecule has 2 fully saturated rings. The molecule has 1 heteroatoms. The fourth-order valence-corrected chi connectivity index (χ4v) is 3.30. The van der Waals surface area contributed by atoms with Crippen molar-refractivity contribution in [1.29, 1.82) is 0 Å². The summed E-state index contributed by atoms with van der Waals surface area (Å²) < 4.78 is 0. The van der Waals surface area contributed by atoms with E-state index in [0.29, 0.717) is 0 Å². The molecule has 0 spiro atoms. The van der Waals surface area contributed by atoms with Crippen molar-refractivity contribution in [2.75, 3.05) is 0 Å². The molecule has 15 heavy (non-hydrogen) atoms. The van der Waals surface area contributed by atoms with Gasteiger partial charge in [-0.25, -0.2) is 0 Å². The molecule has 0 radical (unpaired) electrons. The van der Waals surface area contributed by atoms with Crippen molar-refractivity contribution in [2.45, 2.75) is 43.6 Å². The third kappa shape index (κ3) is 1.59. The molecular formula is C14H19N. The predicted octanol–water partition coefficient (Wildman–Crippen LogP) is 3.06. The lowest BCUT2D eigenvalue weighted by Gasteiger charge is -2.23. The highest BCUT2D eigenvalue weighted by molar-refractivity contribution is 5.28. The fraction of sp³-hybridized carbons (Fsp3) is 0.571. The van der Waals surface area contributed by atoms with Gasteiger partial charge in [0.1, 0.15) is 0 Å². The second kappa shape index (κ2) is 3.34. The number of hydrogen-bond acceptors (Lipinski definition) is 1. The zero-order chi connectivity index (χ0) is 10.3. The van der Waals surface area contributed by atoms with E-state index in [9.17, 15) is 0 Å². The first-order chi connectivity index (χ1) is 7.30. The average molecular weight is 201 g/mol. The number of hydrogen-bond donors (Lipinski definition) is 1. The van der Waals surface area contributed by atoms with Crippen molar-refractivity contribution in [3.63, 3.8) is 0 Å². The van der Waals surface area contributed by atoms with Gasteiger partial charge in [-0.2, -0.15) is 0 Å². The summed E-state index contributed by atoms with van der Waals surface area (Å²) in [7, 11) is 0. The lowest BCUT2D eigenvalue weighted by Crippen LogP contribution is -2.39. The Bertz CT molecular complexity index is 338. The first-order valence-corrected chi connectivity index (χ1v) is 6.13. The zero-order valence-corrected chi connectivity index (χ0v) is 9.15. The number of benzene rings is 1. The Morgan fingerprint density at radius 2 is 1.73 bits per heavy atom. The van der Waals surface area contributed by atoms with Crippen LogP contribution in [0.1, 0.15) is 43.6 Å². The Labute approximate surface area is 91.7 Å². The smallest absolute Gasteiger partial charge is 0.0188 e. The molecule has 0 aliphatic heterocycles. The van der Waals surface area contributed by atoms with E-state index >= 15 is 0 Å². The van der Waals surface area contributed by atoms with Crippen LogP contribution < -0.4 is 5.73 Å². The Morgan fingerprint density at radius 3 is 2.40 bits per heavy atom. The van der Waals surface area contributed by atoms with Crippen molar-refractivity contribution in [3.05, 3.63) is 35.9 Å². The van der Waals surface area contributed by atoms with E-state index in [1.807, 2.05) is 0 Å². The lowest BCUT2D eigenvalue weighted by molar-refractivity contribution is 0.375. The highest BCUT2D eigenvalue weighted by Crippen LogP contribution is 2.56. The summed E-state index contributed by atoms with van der Waals surface area (Å²) in [5.41, 5.74) is 8.17. The van der Waals surface area contributed by atoms with Gasteiger partial charge in [0, 0.05) is 5.54 Å². The standard InChI is InChI=1S/C14H19N/c15-14(8-4-5-9-14)13-10-12(13)11-6-2-1-3-7-11/h1-3,6-7,12-13H,4-5,8-10,15H2. The van der Waals surface area contributed by atoms with Crippen LogP contribution in [0.5, 0.6) is 0 Å². The van der Waals surface area contributed by atoms with E-state index in [-0.39, 0.29) is 5.54 Å². The molecule has 2 aliphatic rings. The van der Waals surface area contributed by atoms with Crippen LogP contribution in [0.3, 0.4) is 0 Å². The maximum absolute atomic E-state index is 6.49. The van der Waals surface area contributed by atoms with E-state index in [1.54, 1.807) is 0 Å². The molecular weight excluding hydrogens is 182 g/mol. The Morgan fingerprint density at radius 1 is 1.07 bits per heavy atom. The highest BCUT2D eigenvalue weighted by Gasteiger charge is 2.51. The molecule has 0 heterocycles. The second-order valence-corrected chi connectivity index (χ2v) is 5.30. The number of nitrogens with two attached hydrogens (primary N) is 1. The van der Waals surface area contributed by atoms with Crippen molar-refractivity contribution in [1.82, 2.24) is 0 Å². The van der Waals surface area contributed by atoms with Crippen LogP contribution in [0, 0.1) is 5.92 Å². The minimum Gasteiger partial charge on any atom is -0.325 e. The van der Waals surface area contributed by atoms with Crippen molar-refractivity contribution >= 4 is 0 Å². The van der Waals surface area contributed by atoms with E-state index < -0.39 is 0 Å². The van der Waals surface area contributed by atoms with Gasteiger partial charge in [0.2, 0.25) is 0 Å². The van der Waals surface area contributed by atoms with Crippen LogP contribution in [-0.4, -0.2) is 5.54 Å². The summed E-state index contributed by atoms with van der Waals surface area (Å²) >= 11 is 0. The Kier molecular flexibility index (Phi) is 2.10. The van der Waals surface area contributed by atoms with E-state index in [2.05, 4.69) is 30.3 Å². The van der Waals surface area contributed by atoms with E-state index in [1.165, 1.54) is 37.7 Å². The molecule has 1 aromatic rings. The van der Waals surface area contributed by atoms with Gasteiger partial charge in [-0.05, 0) is 36.7 Å². The molecule has 1 aromatic carbocycles. The topological polar surface area (TPSA) is 26.0 Å². The molecule has 0 saturated heterocycles.